The molecule has 25 atom stereocenters. The maximum Gasteiger partial charge on any atom is 0.335 e. The number of allylic oxidation sites excluding steroid dienone is 1. The van der Waals surface area contributed by atoms with E-state index in [1.807, 2.05) is 0 Å². The van der Waals surface area contributed by atoms with Gasteiger partial charge in [-0.1, -0.05) is 46.3 Å². The standard InChI is InChI=1S/C44H68O17/c1-17(2)12-27-35(57-27)18(3)21-6-7-22-20-14-26-24-13-19(8-10-44(24,5)23(20)9-11-43(21,22)4)56-42-38(33(50)32(49)36(59-42)39(52)53)61-41-37(29(46)25(45)15-55-41)60-40-34(51)31(48)30(47)28(58-40)16-54-26/h14,17-19,21-38,40-42,45-51H,6-13,15-16H2,1-5H3,(H,52,53). The molecule has 0 aromatic rings. The van der Waals surface area contributed by atoms with Gasteiger partial charge in [0.2, 0.25) is 0 Å². The summed E-state index contributed by atoms with van der Waals surface area (Å²) in [5.74, 6) is 0.480. The largest absolute Gasteiger partial charge is 0.479 e. The molecule has 17 nitrogen and oxygen atoms in total. The number of hydrogen-bond acceptors (Lipinski definition) is 16. The molecule has 9 aliphatic rings. The Labute approximate surface area is 356 Å². The highest BCUT2D eigenvalue weighted by Crippen LogP contribution is 2.68. The predicted molar refractivity (Wildman–Crippen MR) is 209 cm³/mol. The summed E-state index contributed by atoms with van der Waals surface area (Å²) < 4.78 is 49.6. The molecule has 8 fully saturated rings. The van der Waals surface area contributed by atoms with E-state index >= 15 is 0 Å². The summed E-state index contributed by atoms with van der Waals surface area (Å²) in [6.45, 7) is 11.0. The highest BCUT2D eigenvalue weighted by molar-refractivity contribution is 5.73. The van der Waals surface area contributed by atoms with Gasteiger partial charge in [0.15, 0.2) is 25.0 Å². The summed E-state index contributed by atoms with van der Waals surface area (Å²) in [5.41, 5.74) is 1.23. The van der Waals surface area contributed by atoms with E-state index in [4.69, 9.17) is 37.9 Å². The first-order chi connectivity index (χ1) is 28.9. The molecule has 17 heteroatoms. The molecule has 5 saturated heterocycles. The van der Waals surface area contributed by atoms with E-state index in [1.54, 1.807) is 0 Å². The molecular weight excluding hydrogens is 800 g/mol. The minimum Gasteiger partial charge on any atom is -0.479 e. The number of fused-ring (bicyclic) bond motifs is 9. The van der Waals surface area contributed by atoms with E-state index in [9.17, 15) is 45.6 Å². The second kappa shape index (κ2) is 16.8. The van der Waals surface area contributed by atoms with Crippen molar-refractivity contribution in [1.82, 2.24) is 0 Å². The van der Waals surface area contributed by atoms with Crippen molar-refractivity contribution in [3.63, 3.8) is 0 Å². The SMILES string of the molecule is CC(C)CC1OC1C(C)C1CCC2C3=CC4OCC5OC(OC6C(OCC(O)C6O)OC6C(OC7CCC(C)(C3CCC21C)C4C7)OC(C(=O)O)C(O)C6O)C(O)C(O)C5O. The van der Waals surface area contributed by atoms with Crippen LogP contribution in [-0.2, 0) is 42.7 Å². The lowest BCUT2D eigenvalue weighted by Crippen LogP contribution is -2.66. The Morgan fingerprint density at radius 3 is 2.15 bits per heavy atom. The zero-order chi connectivity index (χ0) is 43.4. The van der Waals surface area contributed by atoms with Gasteiger partial charge < -0.3 is 78.7 Å². The fourth-order valence-electron chi connectivity index (χ4n) is 13.4. The Morgan fingerprint density at radius 1 is 0.705 bits per heavy atom. The normalized spacial score (nSPS) is 55.3. The number of carboxylic acid groups (broad SMARTS) is 1. The van der Waals surface area contributed by atoms with Crippen molar-refractivity contribution in [3.05, 3.63) is 11.6 Å². The average molecular weight is 869 g/mol. The lowest BCUT2D eigenvalue weighted by molar-refractivity contribution is -0.386. The summed E-state index contributed by atoms with van der Waals surface area (Å²) >= 11 is 0. The van der Waals surface area contributed by atoms with Gasteiger partial charge in [0.1, 0.15) is 61.0 Å². The van der Waals surface area contributed by atoms with Crippen molar-refractivity contribution >= 4 is 5.97 Å². The van der Waals surface area contributed by atoms with Crippen LogP contribution in [0.3, 0.4) is 0 Å². The zero-order valence-corrected chi connectivity index (χ0v) is 35.8. The highest BCUT2D eigenvalue weighted by Gasteiger charge is 2.63. The average Bonchev–Trinajstić information content (AvgIpc) is 3.88. The summed E-state index contributed by atoms with van der Waals surface area (Å²) in [6.07, 6.45) is -14.3. The number of aliphatic carboxylic acids is 1. The van der Waals surface area contributed by atoms with Crippen molar-refractivity contribution in [2.24, 2.45) is 46.3 Å². The summed E-state index contributed by atoms with van der Waals surface area (Å²) in [4.78, 5) is 12.3. The van der Waals surface area contributed by atoms with Crippen LogP contribution in [0.4, 0.5) is 0 Å². The molecule has 5 aliphatic heterocycles. The number of aliphatic hydroxyl groups excluding tert-OH is 7. The second-order valence-corrected chi connectivity index (χ2v) is 20.8. The Kier molecular flexibility index (Phi) is 12.3. The van der Waals surface area contributed by atoms with Crippen LogP contribution in [0.15, 0.2) is 11.6 Å². The zero-order valence-electron chi connectivity index (χ0n) is 35.8. The lowest BCUT2D eigenvalue weighted by atomic mass is 9.47. The van der Waals surface area contributed by atoms with E-state index in [1.165, 1.54) is 5.57 Å². The Hall–Kier alpha value is -1.39. The molecule has 346 valence electrons. The van der Waals surface area contributed by atoms with Gasteiger partial charge in [-0.3, -0.25) is 0 Å². The predicted octanol–water partition coefficient (Wildman–Crippen LogP) is 0.596. The third kappa shape index (κ3) is 7.76. The molecule has 8 N–H and O–H groups in total. The smallest absolute Gasteiger partial charge is 0.335 e. The number of carboxylic acids is 1. The van der Waals surface area contributed by atoms with Crippen LogP contribution in [0.25, 0.3) is 0 Å². The minimum absolute atomic E-state index is 0.0731. The number of carbonyl (C=O) groups is 1. The fraction of sp³-hybridized carbons (Fsp3) is 0.932. The summed E-state index contributed by atoms with van der Waals surface area (Å²) in [6, 6.07) is 0. The topological polar surface area (TPSA) is 256 Å². The molecule has 4 bridgehead atoms. The van der Waals surface area contributed by atoms with Gasteiger partial charge in [-0.15, -0.1) is 0 Å². The first-order valence-corrected chi connectivity index (χ1v) is 22.8. The summed E-state index contributed by atoms with van der Waals surface area (Å²) in [5, 5.41) is 87.5. The Bertz CT molecular complexity index is 1630. The first kappa shape index (κ1) is 44.8. The van der Waals surface area contributed by atoms with Crippen LogP contribution in [0.1, 0.15) is 86.0 Å². The van der Waals surface area contributed by atoms with Crippen molar-refractivity contribution in [3.8, 4) is 0 Å². The van der Waals surface area contributed by atoms with Crippen LogP contribution in [0, 0.1) is 46.3 Å². The molecule has 0 aromatic carbocycles. The molecule has 0 aromatic heterocycles. The number of aliphatic hydroxyl groups is 7. The molecule has 9 rings (SSSR count). The maximum absolute atomic E-state index is 12.3. The molecular formula is C44H68O17. The van der Waals surface area contributed by atoms with E-state index in [0.29, 0.717) is 42.6 Å². The summed E-state index contributed by atoms with van der Waals surface area (Å²) in [7, 11) is 0. The third-order valence-electron chi connectivity index (χ3n) is 16.8. The van der Waals surface area contributed by atoms with Crippen molar-refractivity contribution < 1.29 is 83.5 Å². The van der Waals surface area contributed by atoms with Crippen LogP contribution in [0.5, 0.6) is 0 Å². The van der Waals surface area contributed by atoms with Crippen molar-refractivity contribution in [2.45, 2.75) is 196 Å². The molecule has 3 saturated carbocycles. The molecule has 4 aliphatic carbocycles. The van der Waals surface area contributed by atoms with Gasteiger partial charge in [-0.25, -0.2) is 4.79 Å². The quantitative estimate of drug-likeness (QED) is 0.139. The number of hydrogen-bond donors (Lipinski definition) is 8. The molecule has 0 amide bonds. The van der Waals surface area contributed by atoms with Gasteiger partial charge in [0.25, 0.3) is 0 Å². The molecule has 25 unspecified atom stereocenters. The Morgan fingerprint density at radius 2 is 1.41 bits per heavy atom. The highest BCUT2D eigenvalue weighted by atomic mass is 16.8. The number of rotatable bonds is 5. The van der Waals surface area contributed by atoms with Crippen LogP contribution in [0.2, 0.25) is 0 Å². The minimum atomic E-state index is -1.95. The van der Waals surface area contributed by atoms with Gasteiger partial charge in [-0.05, 0) is 97.7 Å². The molecule has 0 spiro atoms. The first-order valence-electron chi connectivity index (χ1n) is 22.8. The second-order valence-electron chi connectivity index (χ2n) is 20.8. The third-order valence-corrected chi connectivity index (χ3v) is 16.8. The monoisotopic (exact) mass is 868 g/mol. The maximum atomic E-state index is 12.3. The van der Waals surface area contributed by atoms with Gasteiger partial charge >= 0.3 is 5.97 Å². The van der Waals surface area contributed by atoms with Gasteiger partial charge in [0.05, 0.1) is 37.6 Å². The van der Waals surface area contributed by atoms with Crippen molar-refractivity contribution in [1.29, 1.82) is 0 Å². The number of epoxide rings is 1. The van der Waals surface area contributed by atoms with E-state index in [2.05, 4.69) is 40.7 Å². The molecule has 0 radical (unpaired) electrons. The molecule has 61 heavy (non-hydrogen) atoms. The number of ether oxygens (including phenoxy) is 8. The van der Waals surface area contributed by atoms with Crippen molar-refractivity contribution in [2.75, 3.05) is 13.2 Å². The van der Waals surface area contributed by atoms with Crippen LogP contribution < -0.4 is 0 Å². The Balaban J connectivity index is 1.06. The molecule has 5 heterocycles. The van der Waals surface area contributed by atoms with E-state index < -0.39 is 111 Å². The van der Waals surface area contributed by atoms with Gasteiger partial charge in [-0.2, -0.15) is 0 Å². The fourth-order valence-corrected chi connectivity index (χ4v) is 13.4. The van der Waals surface area contributed by atoms with E-state index in [-0.39, 0.29) is 35.4 Å². The van der Waals surface area contributed by atoms with Gasteiger partial charge in [0, 0.05) is 0 Å². The van der Waals surface area contributed by atoms with Crippen LogP contribution >= 0.6 is 0 Å². The lowest BCUT2D eigenvalue weighted by Gasteiger charge is -2.59. The van der Waals surface area contributed by atoms with E-state index in [0.717, 1.165) is 38.5 Å². The van der Waals surface area contributed by atoms with Crippen LogP contribution in [-0.4, -0.2) is 170 Å².